The van der Waals surface area contributed by atoms with Crippen molar-refractivity contribution in [3.8, 4) is 5.75 Å². The van der Waals surface area contributed by atoms with Crippen molar-refractivity contribution in [2.45, 2.75) is 17.7 Å². The number of methoxy groups -OCH3 is 1. The third kappa shape index (κ3) is 4.55. The number of para-hydroxylation sites is 2. The van der Waals surface area contributed by atoms with Gasteiger partial charge in [-0.3, -0.25) is 25.2 Å². The van der Waals surface area contributed by atoms with E-state index in [1.165, 1.54) is 25.3 Å². The summed E-state index contributed by atoms with van der Waals surface area (Å²) in [5, 5.41) is -0.0547. The molecule has 0 atom stereocenters. The number of rotatable bonds is 6. The van der Waals surface area contributed by atoms with Gasteiger partial charge >= 0.3 is 0 Å². The fourth-order valence-electron chi connectivity index (χ4n) is 2.42. The number of amides is 2. The first kappa shape index (κ1) is 20.0. The Kier molecular flexibility index (Phi) is 5.76. The van der Waals surface area contributed by atoms with E-state index in [2.05, 4.69) is 15.6 Å². The molecule has 2 amide bonds. The average Bonchev–Trinajstić information content (AvgIpc) is 3.51. The maximum absolute atomic E-state index is 12.8. The highest BCUT2D eigenvalue weighted by Crippen LogP contribution is 2.30. The minimum Gasteiger partial charge on any atom is -0.495 e. The highest BCUT2D eigenvalue weighted by atomic mass is 35.5. The molecule has 0 unspecified atom stereocenters. The van der Waals surface area contributed by atoms with E-state index in [4.69, 9.17) is 16.3 Å². The Labute approximate surface area is 167 Å². The van der Waals surface area contributed by atoms with Crippen LogP contribution in [0.25, 0.3) is 0 Å². The van der Waals surface area contributed by atoms with Crippen molar-refractivity contribution in [2.75, 3.05) is 11.8 Å². The molecule has 0 aliphatic heterocycles. The van der Waals surface area contributed by atoms with E-state index in [0.29, 0.717) is 5.75 Å². The molecule has 148 valence electrons. The normalized spacial score (nSPS) is 13.5. The lowest BCUT2D eigenvalue weighted by Crippen LogP contribution is -2.42. The quantitative estimate of drug-likeness (QED) is 0.617. The van der Waals surface area contributed by atoms with Crippen LogP contribution in [0.5, 0.6) is 5.75 Å². The Balaban J connectivity index is 1.81. The number of carbonyl (C=O) groups excluding carboxylic acids is 2. The highest BCUT2D eigenvalue weighted by Gasteiger charge is 2.30. The summed E-state index contributed by atoms with van der Waals surface area (Å²) in [6.07, 6.45) is 1.58. The Morgan fingerprint density at radius 2 is 1.82 bits per heavy atom. The van der Waals surface area contributed by atoms with Crippen LogP contribution >= 0.6 is 11.6 Å². The number of anilines is 1. The molecular weight excluding hydrogens is 406 g/mol. The summed E-state index contributed by atoms with van der Waals surface area (Å²) < 4.78 is 33.1. The Bertz CT molecular complexity index is 1020. The largest absolute Gasteiger partial charge is 0.495 e. The van der Waals surface area contributed by atoms with Crippen LogP contribution in [0.4, 0.5) is 5.69 Å². The molecule has 2 aromatic carbocycles. The van der Waals surface area contributed by atoms with E-state index >= 15 is 0 Å². The SMILES string of the molecule is COc1ccccc1NS(=O)(=O)c1cc(C(=O)NNC(=O)C2CC2)ccc1Cl. The Hall–Kier alpha value is -2.78. The topological polar surface area (TPSA) is 114 Å². The van der Waals surface area contributed by atoms with Crippen molar-refractivity contribution in [1.82, 2.24) is 10.9 Å². The molecular formula is C18H18ClN3O5S. The minimum absolute atomic E-state index is 0.0286. The lowest BCUT2D eigenvalue weighted by Gasteiger charge is -2.13. The van der Waals surface area contributed by atoms with Gasteiger partial charge in [0, 0.05) is 11.5 Å². The molecule has 0 bridgehead atoms. The summed E-state index contributed by atoms with van der Waals surface area (Å²) in [4.78, 5) is 23.6. The third-order valence-electron chi connectivity index (χ3n) is 4.08. The zero-order chi connectivity index (χ0) is 20.3. The number of nitrogens with one attached hydrogen (secondary N) is 3. The summed E-state index contributed by atoms with van der Waals surface area (Å²) >= 11 is 6.05. The first-order chi connectivity index (χ1) is 13.3. The number of hydrazine groups is 1. The van der Waals surface area contributed by atoms with Crippen molar-refractivity contribution >= 4 is 39.1 Å². The standard InChI is InChI=1S/C18H18ClN3O5S/c1-27-15-5-3-2-4-14(15)22-28(25,26)16-10-12(8-9-13(16)19)18(24)21-20-17(23)11-6-7-11/h2-5,8-11,22H,6-7H2,1H3,(H,20,23)(H,21,24). The fraction of sp³-hybridized carbons (Fsp3) is 0.222. The van der Waals surface area contributed by atoms with E-state index in [1.54, 1.807) is 18.2 Å². The lowest BCUT2D eigenvalue weighted by molar-refractivity contribution is -0.123. The Morgan fingerprint density at radius 3 is 2.50 bits per heavy atom. The van der Waals surface area contributed by atoms with Crippen LogP contribution in [0, 0.1) is 5.92 Å². The van der Waals surface area contributed by atoms with E-state index in [-0.39, 0.29) is 33.0 Å². The molecule has 2 aromatic rings. The molecule has 0 aromatic heterocycles. The first-order valence-electron chi connectivity index (χ1n) is 8.37. The molecule has 1 aliphatic carbocycles. The van der Waals surface area contributed by atoms with Gasteiger partial charge in [-0.25, -0.2) is 8.42 Å². The smallest absolute Gasteiger partial charge is 0.269 e. The molecule has 28 heavy (non-hydrogen) atoms. The molecule has 0 radical (unpaired) electrons. The van der Waals surface area contributed by atoms with Crippen molar-refractivity contribution in [2.24, 2.45) is 5.92 Å². The van der Waals surface area contributed by atoms with Crippen LogP contribution in [-0.4, -0.2) is 27.3 Å². The van der Waals surface area contributed by atoms with Crippen molar-refractivity contribution in [3.05, 3.63) is 53.1 Å². The number of sulfonamides is 1. The van der Waals surface area contributed by atoms with Gasteiger partial charge in [0.15, 0.2) is 0 Å². The van der Waals surface area contributed by atoms with Gasteiger partial charge in [-0.15, -0.1) is 0 Å². The summed E-state index contributed by atoms with van der Waals surface area (Å²) in [6.45, 7) is 0. The molecule has 1 fully saturated rings. The summed E-state index contributed by atoms with van der Waals surface area (Å²) in [5.41, 5.74) is 4.84. The molecule has 0 heterocycles. The zero-order valence-corrected chi connectivity index (χ0v) is 16.4. The number of benzene rings is 2. The summed E-state index contributed by atoms with van der Waals surface area (Å²) in [6, 6.07) is 10.3. The number of ether oxygens (including phenoxy) is 1. The second-order valence-corrected chi connectivity index (χ2v) is 8.23. The fourth-order valence-corrected chi connectivity index (χ4v) is 4.01. The second kappa shape index (κ2) is 8.07. The monoisotopic (exact) mass is 423 g/mol. The zero-order valence-electron chi connectivity index (χ0n) is 14.9. The van der Waals surface area contributed by atoms with Crippen molar-refractivity contribution < 1.29 is 22.7 Å². The summed E-state index contributed by atoms with van der Waals surface area (Å²) in [7, 11) is -2.68. The maximum atomic E-state index is 12.8. The molecule has 3 N–H and O–H groups in total. The van der Waals surface area contributed by atoms with E-state index in [1.807, 2.05) is 0 Å². The van der Waals surface area contributed by atoms with E-state index < -0.39 is 15.9 Å². The van der Waals surface area contributed by atoms with Gasteiger partial charge in [-0.2, -0.15) is 0 Å². The van der Waals surface area contributed by atoms with Gasteiger partial charge in [-0.1, -0.05) is 23.7 Å². The van der Waals surface area contributed by atoms with Crippen molar-refractivity contribution in [1.29, 1.82) is 0 Å². The number of hydrogen-bond acceptors (Lipinski definition) is 5. The van der Waals surface area contributed by atoms with Crippen molar-refractivity contribution in [3.63, 3.8) is 0 Å². The predicted octanol–water partition coefficient (Wildman–Crippen LogP) is 2.32. The van der Waals surface area contributed by atoms with Crippen LogP contribution in [-0.2, 0) is 14.8 Å². The van der Waals surface area contributed by atoms with E-state index in [0.717, 1.165) is 18.9 Å². The third-order valence-corrected chi connectivity index (χ3v) is 5.93. The lowest BCUT2D eigenvalue weighted by atomic mass is 10.2. The molecule has 1 saturated carbocycles. The minimum atomic E-state index is -4.10. The van der Waals surface area contributed by atoms with Gasteiger partial charge < -0.3 is 4.74 Å². The first-order valence-corrected chi connectivity index (χ1v) is 10.2. The summed E-state index contributed by atoms with van der Waals surface area (Å²) in [5.74, 6) is -0.669. The molecule has 0 saturated heterocycles. The van der Waals surface area contributed by atoms with Crippen LogP contribution < -0.4 is 20.3 Å². The van der Waals surface area contributed by atoms with Crippen LogP contribution in [0.15, 0.2) is 47.4 Å². The number of carbonyl (C=O) groups is 2. The maximum Gasteiger partial charge on any atom is 0.269 e. The van der Waals surface area contributed by atoms with Gasteiger partial charge in [0.05, 0.1) is 17.8 Å². The average molecular weight is 424 g/mol. The van der Waals surface area contributed by atoms with Gasteiger partial charge in [-0.05, 0) is 43.2 Å². The highest BCUT2D eigenvalue weighted by molar-refractivity contribution is 7.92. The van der Waals surface area contributed by atoms with Crippen LogP contribution in [0.1, 0.15) is 23.2 Å². The van der Waals surface area contributed by atoms with E-state index in [9.17, 15) is 18.0 Å². The second-order valence-electron chi connectivity index (χ2n) is 6.17. The van der Waals surface area contributed by atoms with Crippen LogP contribution in [0.2, 0.25) is 5.02 Å². The molecule has 10 heteroatoms. The molecule has 8 nitrogen and oxygen atoms in total. The van der Waals surface area contributed by atoms with Gasteiger partial charge in [0.25, 0.3) is 15.9 Å². The Morgan fingerprint density at radius 1 is 1.11 bits per heavy atom. The molecule has 0 spiro atoms. The number of hydrogen-bond donors (Lipinski definition) is 3. The molecule has 1 aliphatic rings. The predicted molar refractivity (Wildman–Crippen MR) is 104 cm³/mol. The van der Waals surface area contributed by atoms with Gasteiger partial charge in [0.1, 0.15) is 10.6 Å². The number of halogens is 1. The van der Waals surface area contributed by atoms with Gasteiger partial charge in [0.2, 0.25) is 5.91 Å². The van der Waals surface area contributed by atoms with Crippen LogP contribution in [0.3, 0.4) is 0 Å². The molecule has 3 rings (SSSR count).